The Balaban J connectivity index is 2.07. The van der Waals surface area contributed by atoms with E-state index in [1.165, 1.54) is 0 Å². The van der Waals surface area contributed by atoms with Crippen molar-refractivity contribution in [1.29, 1.82) is 0 Å². The standard InChI is InChI=1S/C13H15BrN4O2/c1-20-6-5-18-8-9(7-16-18)17-13(19)10-3-2-4-11(15)12(10)14/h2-4,7-8H,5-6,15H2,1H3,(H,17,19). The highest BCUT2D eigenvalue weighted by Gasteiger charge is 2.12. The van der Waals surface area contributed by atoms with Crippen LogP contribution in [0, 0.1) is 0 Å². The molecule has 0 radical (unpaired) electrons. The molecule has 0 saturated heterocycles. The van der Waals surface area contributed by atoms with E-state index < -0.39 is 0 Å². The van der Waals surface area contributed by atoms with Crippen molar-refractivity contribution in [2.75, 3.05) is 24.8 Å². The van der Waals surface area contributed by atoms with E-state index in [0.717, 1.165) is 0 Å². The van der Waals surface area contributed by atoms with Crippen LogP contribution >= 0.6 is 15.9 Å². The SMILES string of the molecule is COCCn1cc(NC(=O)c2cccc(N)c2Br)cn1. The molecule has 20 heavy (non-hydrogen) atoms. The number of aromatic nitrogens is 2. The van der Waals surface area contributed by atoms with Crippen molar-refractivity contribution < 1.29 is 9.53 Å². The maximum Gasteiger partial charge on any atom is 0.256 e. The summed E-state index contributed by atoms with van der Waals surface area (Å²) in [7, 11) is 1.63. The molecule has 0 unspecified atom stereocenters. The fraction of sp³-hybridized carbons (Fsp3) is 0.231. The van der Waals surface area contributed by atoms with Gasteiger partial charge in [0.15, 0.2) is 0 Å². The van der Waals surface area contributed by atoms with Gasteiger partial charge in [0, 0.05) is 19.0 Å². The molecule has 0 aliphatic carbocycles. The summed E-state index contributed by atoms with van der Waals surface area (Å²) in [6.07, 6.45) is 3.34. The molecular formula is C13H15BrN4O2. The van der Waals surface area contributed by atoms with Crippen molar-refractivity contribution in [3.63, 3.8) is 0 Å². The van der Waals surface area contributed by atoms with Gasteiger partial charge in [-0.15, -0.1) is 0 Å². The number of amides is 1. The van der Waals surface area contributed by atoms with E-state index in [2.05, 4.69) is 26.3 Å². The Kier molecular flexibility index (Phi) is 4.75. The molecule has 0 aliphatic rings. The van der Waals surface area contributed by atoms with Crippen LogP contribution in [0.4, 0.5) is 11.4 Å². The van der Waals surface area contributed by atoms with Crippen molar-refractivity contribution in [2.45, 2.75) is 6.54 Å². The minimum Gasteiger partial charge on any atom is -0.398 e. The van der Waals surface area contributed by atoms with Crippen LogP contribution in [0.5, 0.6) is 0 Å². The number of nitrogens with two attached hydrogens (primary N) is 1. The Morgan fingerprint density at radius 3 is 3.10 bits per heavy atom. The van der Waals surface area contributed by atoms with Gasteiger partial charge in [-0.2, -0.15) is 5.10 Å². The number of hydrogen-bond acceptors (Lipinski definition) is 4. The molecule has 1 aromatic carbocycles. The topological polar surface area (TPSA) is 82.2 Å². The van der Waals surface area contributed by atoms with Crippen LogP contribution in [0.3, 0.4) is 0 Å². The fourth-order valence-electron chi connectivity index (χ4n) is 1.66. The molecule has 0 bridgehead atoms. The summed E-state index contributed by atoms with van der Waals surface area (Å²) in [6, 6.07) is 5.16. The monoisotopic (exact) mass is 338 g/mol. The molecular weight excluding hydrogens is 324 g/mol. The number of nitrogen functional groups attached to an aromatic ring is 1. The zero-order valence-corrected chi connectivity index (χ0v) is 12.6. The van der Waals surface area contributed by atoms with Crippen molar-refractivity contribution in [3.05, 3.63) is 40.6 Å². The Hall–Kier alpha value is -1.86. The fourth-order valence-corrected chi connectivity index (χ4v) is 2.10. The summed E-state index contributed by atoms with van der Waals surface area (Å²) < 4.78 is 7.26. The lowest BCUT2D eigenvalue weighted by Gasteiger charge is -2.06. The van der Waals surface area contributed by atoms with E-state index in [0.29, 0.717) is 34.6 Å². The lowest BCUT2D eigenvalue weighted by Crippen LogP contribution is -2.12. The van der Waals surface area contributed by atoms with E-state index in [4.69, 9.17) is 10.5 Å². The van der Waals surface area contributed by atoms with E-state index in [1.807, 2.05) is 0 Å². The molecule has 1 aromatic heterocycles. The smallest absolute Gasteiger partial charge is 0.256 e. The molecule has 3 N–H and O–H groups in total. The molecule has 0 spiro atoms. The largest absolute Gasteiger partial charge is 0.398 e. The zero-order chi connectivity index (χ0) is 14.5. The third-order valence-electron chi connectivity index (χ3n) is 2.69. The molecule has 0 fully saturated rings. The highest BCUT2D eigenvalue weighted by Crippen LogP contribution is 2.24. The number of carbonyl (C=O) groups excluding carboxylic acids is 1. The summed E-state index contributed by atoms with van der Waals surface area (Å²) >= 11 is 3.31. The maximum atomic E-state index is 12.2. The quantitative estimate of drug-likeness (QED) is 0.818. The number of carbonyl (C=O) groups is 1. The maximum absolute atomic E-state index is 12.2. The molecule has 2 rings (SSSR count). The highest BCUT2D eigenvalue weighted by atomic mass is 79.9. The van der Waals surface area contributed by atoms with Gasteiger partial charge >= 0.3 is 0 Å². The van der Waals surface area contributed by atoms with Crippen molar-refractivity contribution in [3.8, 4) is 0 Å². The van der Waals surface area contributed by atoms with Crippen LogP contribution in [0.1, 0.15) is 10.4 Å². The Bertz CT molecular complexity index is 612. The van der Waals surface area contributed by atoms with Crippen molar-refractivity contribution in [2.24, 2.45) is 0 Å². The highest BCUT2D eigenvalue weighted by molar-refractivity contribution is 9.10. The summed E-state index contributed by atoms with van der Waals surface area (Å²) in [5, 5.41) is 6.90. The number of nitrogens with one attached hydrogen (secondary N) is 1. The molecule has 7 heteroatoms. The van der Waals surface area contributed by atoms with E-state index in [9.17, 15) is 4.79 Å². The normalized spacial score (nSPS) is 10.5. The summed E-state index contributed by atoms with van der Waals surface area (Å²) in [5.41, 5.74) is 7.38. The number of ether oxygens (including phenoxy) is 1. The third kappa shape index (κ3) is 3.37. The van der Waals surface area contributed by atoms with Crippen LogP contribution in [0.15, 0.2) is 35.1 Å². The molecule has 2 aromatic rings. The lowest BCUT2D eigenvalue weighted by molar-refractivity contribution is 0.102. The zero-order valence-electron chi connectivity index (χ0n) is 11.0. The van der Waals surface area contributed by atoms with Gasteiger partial charge in [-0.1, -0.05) is 6.07 Å². The van der Waals surface area contributed by atoms with Crippen LogP contribution in [-0.4, -0.2) is 29.4 Å². The molecule has 0 saturated carbocycles. The minimum absolute atomic E-state index is 0.240. The van der Waals surface area contributed by atoms with Crippen molar-refractivity contribution >= 4 is 33.2 Å². The van der Waals surface area contributed by atoms with Crippen LogP contribution in [0.2, 0.25) is 0 Å². The average molecular weight is 339 g/mol. The number of rotatable bonds is 5. The number of methoxy groups -OCH3 is 1. The Morgan fingerprint density at radius 1 is 1.55 bits per heavy atom. The molecule has 1 amide bonds. The lowest BCUT2D eigenvalue weighted by atomic mass is 10.2. The first kappa shape index (κ1) is 14.5. The number of anilines is 2. The molecule has 106 valence electrons. The van der Waals surface area contributed by atoms with Gasteiger partial charge in [0.25, 0.3) is 5.91 Å². The van der Waals surface area contributed by atoms with Gasteiger partial charge in [-0.25, -0.2) is 0 Å². The molecule has 0 atom stereocenters. The first-order valence-electron chi connectivity index (χ1n) is 5.98. The molecule has 6 nitrogen and oxygen atoms in total. The first-order valence-corrected chi connectivity index (χ1v) is 6.78. The number of benzene rings is 1. The number of halogens is 1. The number of nitrogens with zero attached hydrogens (tertiary/aromatic N) is 2. The van der Waals surface area contributed by atoms with Gasteiger partial charge in [-0.05, 0) is 28.1 Å². The van der Waals surface area contributed by atoms with E-state index >= 15 is 0 Å². The first-order chi connectivity index (χ1) is 9.61. The Labute approximate surface area is 125 Å². The second-order valence-electron chi connectivity index (χ2n) is 4.15. The summed E-state index contributed by atoms with van der Waals surface area (Å²) in [4.78, 5) is 12.2. The van der Waals surface area contributed by atoms with Crippen LogP contribution in [0.25, 0.3) is 0 Å². The van der Waals surface area contributed by atoms with Gasteiger partial charge in [0.2, 0.25) is 0 Å². The number of hydrogen-bond donors (Lipinski definition) is 2. The molecule has 0 aliphatic heterocycles. The van der Waals surface area contributed by atoms with Crippen LogP contribution in [-0.2, 0) is 11.3 Å². The minimum atomic E-state index is -0.240. The Morgan fingerprint density at radius 2 is 2.35 bits per heavy atom. The second kappa shape index (κ2) is 6.53. The van der Waals surface area contributed by atoms with E-state index in [1.54, 1.807) is 42.4 Å². The predicted molar refractivity (Wildman–Crippen MR) is 80.6 cm³/mol. The van der Waals surface area contributed by atoms with Crippen molar-refractivity contribution in [1.82, 2.24) is 9.78 Å². The van der Waals surface area contributed by atoms with Crippen LogP contribution < -0.4 is 11.1 Å². The summed E-state index contributed by atoms with van der Waals surface area (Å²) in [5.74, 6) is -0.240. The predicted octanol–water partition coefficient (Wildman–Crippen LogP) is 2.13. The van der Waals surface area contributed by atoms with Gasteiger partial charge in [-0.3, -0.25) is 9.48 Å². The van der Waals surface area contributed by atoms with E-state index in [-0.39, 0.29) is 5.91 Å². The summed E-state index contributed by atoms with van der Waals surface area (Å²) in [6.45, 7) is 1.20. The second-order valence-corrected chi connectivity index (χ2v) is 4.94. The van der Waals surface area contributed by atoms with Gasteiger partial charge < -0.3 is 15.8 Å². The average Bonchev–Trinajstić information content (AvgIpc) is 2.87. The third-order valence-corrected chi connectivity index (χ3v) is 3.57. The van der Waals surface area contributed by atoms with Gasteiger partial charge in [0.1, 0.15) is 0 Å². The van der Waals surface area contributed by atoms with Gasteiger partial charge in [0.05, 0.1) is 35.1 Å². The molecule has 1 heterocycles.